The number of nitrogens with zero attached hydrogens (tertiary/aromatic N) is 3. The Kier molecular flexibility index (Phi) is 5.12. The fourth-order valence-corrected chi connectivity index (χ4v) is 4.78. The molecule has 0 saturated heterocycles. The molecule has 2 heterocycles. The van der Waals surface area contributed by atoms with Crippen molar-refractivity contribution in [3.05, 3.63) is 58.7 Å². The number of thioether (sulfide) groups is 1. The van der Waals surface area contributed by atoms with E-state index in [1.807, 2.05) is 36.0 Å². The first-order chi connectivity index (χ1) is 14.6. The number of aromatic nitrogens is 2. The van der Waals surface area contributed by atoms with E-state index in [0.717, 1.165) is 32.3 Å². The number of carbonyl (C=O) groups is 1. The van der Waals surface area contributed by atoms with Crippen molar-refractivity contribution in [1.29, 1.82) is 0 Å². The van der Waals surface area contributed by atoms with Crippen LogP contribution in [0, 0.1) is 0 Å². The van der Waals surface area contributed by atoms with E-state index in [2.05, 4.69) is 54.7 Å². The molecule has 5 rings (SSSR count). The second kappa shape index (κ2) is 7.92. The predicted molar refractivity (Wildman–Crippen MR) is 125 cm³/mol. The third-order valence-electron chi connectivity index (χ3n) is 5.12. The quantitative estimate of drug-likeness (QED) is 0.484. The maximum absolute atomic E-state index is 11.9. The number of para-hydroxylation sites is 1. The number of fused-ring (bicyclic) bond motifs is 1. The Morgan fingerprint density at radius 2 is 2.00 bits per heavy atom. The van der Waals surface area contributed by atoms with Crippen LogP contribution in [0.25, 0.3) is 0 Å². The maximum atomic E-state index is 11.9. The van der Waals surface area contributed by atoms with E-state index in [-0.39, 0.29) is 5.91 Å². The number of benzene rings is 2. The molecule has 0 atom stereocenters. The molecule has 6 nitrogen and oxygen atoms in total. The van der Waals surface area contributed by atoms with Crippen molar-refractivity contribution in [2.75, 3.05) is 22.6 Å². The molecule has 2 N–H and O–H groups in total. The molecule has 8 heteroatoms. The molecule has 2 aliphatic rings. The molecule has 0 unspecified atom stereocenters. The Morgan fingerprint density at radius 3 is 2.83 bits per heavy atom. The van der Waals surface area contributed by atoms with Gasteiger partial charge in [-0.1, -0.05) is 12.1 Å². The van der Waals surface area contributed by atoms with Crippen LogP contribution in [0.4, 0.5) is 28.8 Å². The van der Waals surface area contributed by atoms with Gasteiger partial charge >= 0.3 is 0 Å². The van der Waals surface area contributed by atoms with Gasteiger partial charge in [0.05, 0.1) is 16.6 Å². The summed E-state index contributed by atoms with van der Waals surface area (Å²) in [5.41, 5.74) is 3.86. The van der Waals surface area contributed by atoms with Crippen molar-refractivity contribution in [2.24, 2.45) is 0 Å². The van der Waals surface area contributed by atoms with Crippen LogP contribution < -0.4 is 15.5 Å². The first-order valence-corrected chi connectivity index (χ1v) is 11.5. The topological polar surface area (TPSA) is 70.2 Å². The van der Waals surface area contributed by atoms with Crippen molar-refractivity contribution in [3.63, 3.8) is 0 Å². The monoisotopic (exact) mass is 481 g/mol. The Bertz CT molecular complexity index is 1130. The van der Waals surface area contributed by atoms with Gasteiger partial charge in [0.15, 0.2) is 0 Å². The van der Waals surface area contributed by atoms with Crippen LogP contribution >= 0.6 is 27.7 Å². The second-order valence-corrected chi connectivity index (χ2v) is 9.62. The van der Waals surface area contributed by atoms with E-state index in [1.165, 1.54) is 17.7 Å². The highest BCUT2D eigenvalue weighted by Crippen LogP contribution is 2.42. The first-order valence-electron chi connectivity index (χ1n) is 9.78. The highest BCUT2D eigenvalue weighted by Gasteiger charge is 2.25. The summed E-state index contributed by atoms with van der Waals surface area (Å²) >= 11 is 5.46. The van der Waals surface area contributed by atoms with Crippen molar-refractivity contribution < 1.29 is 4.79 Å². The summed E-state index contributed by atoms with van der Waals surface area (Å²) in [5, 5.41) is 7.43. The molecule has 1 aliphatic heterocycles. The van der Waals surface area contributed by atoms with Gasteiger partial charge in [0.1, 0.15) is 5.82 Å². The third kappa shape index (κ3) is 4.02. The van der Waals surface area contributed by atoms with Gasteiger partial charge in [-0.25, -0.2) is 4.98 Å². The zero-order valence-electron chi connectivity index (χ0n) is 16.4. The number of hydrogen-bond donors (Lipinski definition) is 2. The molecular weight excluding hydrogens is 462 g/mol. The summed E-state index contributed by atoms with van der Waals surface area (Å²) in [6.45, 7) is 0. The van der Waals surface area contributed by atoms with Gasteiger partial charge < -0.3 is 15.5 Å². The molecule has 0 radical (unpaired) electrons. The number of carbonyl (C=O) groups excluding carboxylic acids is 1. The molecule has 30 heavy (non-hydrogen) atoms. The van der Waals surface area contributed by atoms with Gasteiger partial charge in [-0.2, -0.15) is 4.98 Å². The third-order valence-corrected chi connectivity index (χ3v) is 7.11. The van der Waals surface area contributed by atoms with Crippen LogP contribution in [0.5, 0.6) is 0 Å². The van der Waals surface area contributed by atoms with E-state index in [0.29, 0.717) is 18.2 Å². The van der Waals surface area contributed by atoms with Crippen LogP contribution in [-0.2, 0) is 11.2 Å². The normalized spacial score (nSPS) is 15.3. The average molecular weight is 482 g/mol. The summed E-state index contributed by atoms with van der Waals surface area (Å²) in [7, 11) is 1.80. The van der Waals surface area contributed by atoms with Gasteiger partial charge in [-0.05, 0) is 64.7 Å². The largest absolute Gasteiger partial charge is 0.338 e. The Morgan fingerprint density at radius 1 is 1.17 bits per heavy atom. The van der Waals surface area contributed by atoms with E-state index in [1.54, 1.807) is 18.1 Å². The lowest BCUT2D eigenvalue weighted by atomic mass is 10.1. The van der Waals surface area contributed by atoms with Crippen molar-refractivity contribution >= 4 is 62.4 Å². The smallest absolute Gasteiger partial charge is 0.231 e. The average Bonchev–Trinajstić information content (AvgIpc) is 3.51. The zero-order valence-corrected chi connectivity index (χ0v) is 18.8. The number of rotatable bonds is 6. The fraction of sp³-hybridized carbons (Fsp3) is 0.227. The minimum Gasteiger partial charge on any atom is -0.338 e. The zero-order chi connectivity index (χ0) is 20.7. The Hall–Kier alpha value is -2.58. The standard InChI is InChI=1S/C22H20BrN5OS/c1-28-18-9-6-14(10-13(18)11-20(28)29)25-22-24-12-16(23)21(27-22)26-17-4-2-3-5-19(17)30-15-7-8-15/h2-6,9-10,12,15H,7-8,11H2,1H3,(H2,24,25,26,27). The van der Waals surface area contributed by atoms with Crippen molar-refractivity contribution in [3.8, 4) is 0 Å². The van der Waals surface area contributed by atoms with Gasteiger partial charge in [-0.15, -0.1) is 11.8 Å². The lowest BCUT2D eigenvalue weighted by Crippen LogP contribution is -2.20. The van der Waals surface area contributed by atoms with Gasteiger partial charge in [0.25, 0.3) is 0 Å². The SMILES string of the molecule is CN1C(=O)Cc2cc(Nc3ncc(Br)c(Nc4ccccc4SC4CC4)n3)ccc21. The molecular formula is C22H20BrN5OS. The molecule has 2 aromatic carbocycles. The summed E-state index contributed by atoms with van der Waals surface area (Å²) in [6.07, 6.45) is 4.72. The van der Waals surface area contributed by atoms with Crippen LogP contribution in [0.15, 0.2) is 58.0 Å². The van der Waals surface area contributed by atoms with Crippen LogP contribution in [0.3, 0.4) is 0 Å². The minimum absolute atomic E-state index is 0.108. The molecule has 0 spiro atoms. The molecule has 152 valence electrons. The summed E-state index contributed by atoms with van der Waals surface area (Å²) in [4.78, 5) is 23.9. The molecule has 1 aromatic heterocycles. The van der Waals surface area contributed by atoms with Gasteiger partial charge in [-0.3, -0.25) is 4.79 Å². The molecule has 1 fully saturated rings. The minimum atomic E-state index is 0.108. The van der Waals surface area contributed by atoms with Gasteiger partial charge in [0.2, 0.25) is 11.9 Å². The summed E-state index contributed by atoms with van der Waals surface area (Å²) in [6, 6.07) is 14.2. The lowest BCUT2D eigenvalue weighted by Gasteiger charge is -2.14. The number of amides is 1. The molecule has 1 saturated carbocycles. The van der Waals surface area contributed by atoms with Gasteiger partial charge in [0, 0.05) is 34.8 Å². The first kappa shape index (κ1) is 19.4. The number of halogens is 1. The van der Waals surface area contributed by atoms with Crippen LogP contribution in [0.2, 0.25) is 0 Å². The molecule has 0 bridgehead atoms. The number of likely N-dealkylation sites (N-methyl/N-ethyl adjacent to an activating group) is 1. The van der Waals surface area contributed by atoms with Crippen molar-refractivity contribution in [1.82, 2.24) is 9.97 Å². The van der Waals surface area contributed by atoms with Crippen LogP contribution in [0.1, 0.15) is 18.4 Å². The number of hydrogen-bond acceptors (Lipinski definition) is 6. The molecule has 3 aromatic rings. The van der Waals surface area contributed by atoms with Crippen LogP contribution in [-0.4, -0.2) is 28.2 Å². The maximum Gasteiger partial charge on any atom is 0.231 e. The molecule has 1 amide bonds. The number of nitrogens with one attached hydrogen (secondary N) is 2. The highest BCUT2D eigenvalue weighted by molar-refractivity contribution is 9.10. The van der Waals surface area contributed by atoms with E-state index in [9.17, 15) is 4.79 Å². The van der Waals surface area contributed by atoms with E-state index in [4.69, 9.17) is 0 Å². The predicted octanol–water partition coefficient (Wildman–Crippen LogP) is 5.50. The summed E-state index contributed by atoms with van der Waals surface area (Å²) < 4.78 is 0.792. The Labute approximate surface area is 187 Å². The number of anilines is 5. The second-order valence-electron chi connectivity index (χ2n) is 7.43. The fourth-order valence-electron chi connectivity index (χ4n) is 3.36. The Balaban J connectivity index is 1.37. The lowest BCUT2D eigenvalue weighted by molar-refractivity contribution is -0.117. The summed E-state index contributed by atoms with van der Waals surface area (Å²) in [5.74, 6) is 1.30. The molecule has 1 aliphatic carbocycles. The van der Waals surface area contributed by atoms with Crippen molar-refractivity contribution in [2.45, 2.75) is 29.4 Å². The van der Waals surface area contributed by atoms with E-state index < -0.39 is 0 Å². The highest BCUT2D eigenvalue weighted by atomic mass is 79.9. The van der Waals surface area contributed by atoms with E-state index >= 15 is 0 Å².